The van der Waals surface area contributed by atoms with Gasteiger partial charge in [-0.05, 0) is 18.9 Å². The summed E-state index contributed by atoms with van der Waals surface area (Å²) in [7, 11) is 0. The molecule has 1 aliphatic heterocycles. The van der Waals surface area contributed by atoms with Crippen LogP contribution in [-0.4, -0.2) is 32.5 Å². The van der Waals surface area contributed by atoms with Crippen molar-refractivity contribution in [1.29, 1.82) is 0 Å². The Morgan fingerprint density at radius 3 is 3.24 bits per heavy atom. The van der Waals surface area contributed by atoms with E-state index in [1.165, 1.54) is 18.4 Å². The van der Waals surface area contributed by atoms with Gasteiger partial charge in [-0.25, -0.2) is 0 Å². The van der Waals surface area contributed by atoms with Crippen molar-refractivity contribution in [3.05, 3.63) is 23.7 Å². The molecule has 3 rings (SSSR count). The van der Waals surface area contributed by atoms with E-state index in [2.05, 4.69) is 11.4 Å². The number of furan rings is 1. The van der Waals surface area contributed by atoms with E-state index >= 15 is 0 Å². The summed E-state index contributed by atoms with van der Waals surface area (Å²) in [4.78, 5) is 0. The molecule has 0 saturated carbocycles. The first-order valence-electron chi connectivity index (χ1n) is 6.42. The second-order valence-electron chi connectivity index (χ2n) is 4.72. The Hall–Kier alpha value is -0.840. The molecule has 0 radical (unpaired) electrons. The van der Waals surface area contributed by atoms with E-state index in [-0.39, 0.29) is 6.10 Å². The van der Waals surface area contributed by atoms with Gasteiger partial charge in [0, 0.05) is 24.6 Å². The summed E-state index contributed by atoms with van der Waals surface area (Å²) in [6, 6.07) is 2.51. The molecule has 4 heteroatoms. The van der Waals surface area contributed by atoms with Crippen molar-refractivity contribution in [2.75, 3.05) is 26.4 Å². The molecular weight excluding hydrogens is 218 g/mol. The Morgan fingerprint density at radius 2 is 2.35 bits per heavy atom. The van der Waals surface area contributed by atoms with E-state index in [0.29, 0.717) is 19.3 Å². The lowest BCUT2D eigenvalue weighted by Crippen LogP contribution is -2.39. The average Bonchev–Trinajstić information content (AvgIpc) is 2.86. The van der Waals surface area contributed by atoms with Crippen LogP contribution in [0, 0.1) is 0 Å². The fraction of sp³-hybridized carbons (Fsp3) is 0.692. The molecule has 1 fully saturated rings. The summed E-state index contributed by atoms with van der Waals surface area (Å²) >= 11 is 0. The van der Waals surface area contributed by atoms with Crippen molar-refractivity contribution in [3.8, 4) is 0 Å². The topological polar surface area (TPSA) is 43.6 Å². The van der Waals surface area contributed by atoms with E-state index < -0.39 is 0 Å². The predicted molar refractivity (Wildman–Crippen MR) is 62.9 cm³/mol. The van der Waals surface area contributed by atoms with Gasteiger partial charge in [-0.2, -0.15) is 0 Å². The number of ether oxygens (including phenoxy) is 2. The largest absolute Gasteiger partial charge is 0.469 e. The van der Waals surface area contributed by atoms with Gasteiger partial charge >= 0.3 is 0 Å². The molecule has 0 amide bonds. The molecule has 2 atom stereocenters. The summed E-state index contributed by atoms with van der Waals surface area (Å²) in [5, 5.41) is 3.57. The normalized spacial score (nSPS) is 28.9. The first-order chi connectivity index (χ1) is 8.43. The Kier molecular flexibility index (Phi) is 3.45. The van der Waals surface area contributed by atoms with Crippen LogP contribution in [0.3, 0.4) is 0 Å². The number of fused-ring (bicyclic) bond motifs is 1. The van der Waals surface area contributed by atoms with Crippen LogP contribution in [0.15, 0.2) is 16.7 Å². The van der Waals surface area contributed by atoms with Gasteiger partial charge in [0.1, 0.15) is 5.76 Å². The molecule has 0 spiro atoms. The fourth-order valence-electron chi connectivity index (χ4n) is 2.63. The maximum absolute atomic E-state index is 5.63. The third-order valence-corrected chi connectivity index (χ3v) is 3.53. The third kappa shape index (κ3) is 2.54. The van der Waals surface area contributed by atoms with Crippen LogP contribution in [0.25, 0.3) is 0 Å². The third-order valence-electron chi connectivity index (χ3n) is 3.53. The highest BCUT2D eigenvalue weighted by Gasteiger charge is 2.23. The van der Waals surface area contributed by atoms with Gasteiger partial charge in [-0.1, -0.05) is 0 Å². The van der Waals surface area contributed by atoms with Gasteiger partial charge in [0.25, 0.3) is 0 Å². The lowest BCUT2D eigenvalue weighted by atomic mass is 9.93. The van der Waals surface area contributed by atoms with Crippen LogP contribution in [0.2, 0.25) is 0 Å². The van der Waals surface area contributed by atoms with Crippen molar-refractivity contribution in [2.45, 2.75) is 31.4 Å². The van der Waals surface area contributed by atoms with Crippen LogP contribution in [-0.2, 0) is 15.9 Å². The van der Waals surface area contributed by atoms with Crippen molar-refractivity contribution in [3.63, 3.8) is 0 Å². The fourth-order valence-corrected chi connectivity index (χ4v) is 2.63. The summed E-state index contributed by atoms with van der Waals surface area (Å²) < 4.78 is 16.5. The zero-order valence-electron chi connectivity index (χ0n) is 9.98. The van der Waals surface area contributed by atoms with E-state index in [1.54, 1.807) is 6.26 Å². The number of aryl methyl sites for hydroxylation is 1. The van der Waals surface area contributed by atoms with Gasteiger partial charge in [0.15, 0.2) is 0 Å². The van der Waals surface area contributed by atoms with Crippen LogP contribution in [0.4, 0.5) is 0 Å². The minimum absolute atomic E-state index is 0.195. The molecule has 1 saturated heterocycles. The SMILES string of the molecule is c1cc2c(o1)CCCC2NCC1COCCO1. The van der Waals surface area contributed by atoms with Crippen LogP contribution in [0.5, 0.6) is 0 Å². The van der Waals surface area contributed by atoms with Crippen molar-refractivity contribution < 1.29 is 13.9 Å². The monoisotopic (exact) mass is 237 g/mol. The van der Waals surface area contributed by atoms with E-state index in [1.807, 2.05) is 0 Å². The molecule has 2 unspecified atom stereocenters. The first-order valence-corrected chi connectivity index (χ1v) is 6.42. The zero-order valence-corrected chi connectivity index (χ0v) is 9.98. The number of hydrogen-bond donors (Lipinski definition) is 1. The number of hydrogen-bond acceptors (Lipinski definition) is 4. The molecule has 94 valence electrons. The maximum Gasteiger partial charge on any atom is 0.108 e. The van der Waals surface area contributed by atoms with Gasteiger partial charge < -0.3 is 19.2 Å². The standard InChI is InChI=1S/C13H19NO3/c1-2-12(11-4-5-17-13(11)3-1)14-8-10-9-15-6-7-16-10/h4-5,10,12,14H,1-3,6-9H2. The number of rotatable bonds is 3. The molecular formula is C13H19NO3. The van der Waals surface area contributed by atoms with E-state index in [9.17, 15) is 0 Å². The molecule has 0 bridgehead atoms. The quantitative estimate of drug-likeness (QED) is 0.868. The summed E-state index contributed by atoms with van der Waals surface area (Å²) in [6.45, 7) is 3.01. The van der Waals surface area contributed by atoms with E-state index in [4.69, 9.17) is 13.9 Å². The Balaban J connectivity index is 1.56. The average molecular weight is 237 g/mol. The summed E-state index contributed by atoms with van der Waals surface area (Å²) in [5.41, 5.74) is 1.33. The van der Waals surface area contributed by atoms with Crippen molar-refractivity contribution in [2.24, 2.45) is 0 Å². The highest BCUT2D eigenvalue weighted by Crippen LogP contribution is 2.30. The molecule has 1 aliphatic carbocycles. The molecule has 17 heavy (non-hydrogen) atoms. The molecule has 1 N–H and O–H groups in total. The molecule has 0 aromatic carbocycles. The smallest absolute Gasteiger partial charge is 0.108 e. The van der Waals surface area contributed by atoms with Gasteiger partial charge in [-0.3, -0.25) is 0 Å². The molecule has 4 nitrogen and oxygen atoms in total. The summed E-state index contributed by atoms with van der Waals surface area (Å²) in [6.07, 6.45) is 5.44. The van der Waals surface area contributed by atoms with Gasteiger partial charge in [0.05, 0.1) is 32.2 Å². The second kappa shape index (κ2) is 5.21. The lowest BCUT2D eigenvalue weighted by molar-refractivity contribution is -0.0872. The highest BCUT2D eigenvalue weighted by atomic mass is 16.6. The molecule has 1 aromatic rings. The Morgan fingerprint density at radius 1 is 1.35 bits per heavy atom. The highest BCUT2D eigenvalue weighted by molar-refractivity contribution is 5.24. The molecule has 2 aliphatic rings. The minimum atomic E-state index is 0.195. The van der Waals surface area contributed by atoms with Crippen LogP contribution in [0.1, 0.15) is 30.2 Å². The Labute approximate surface area is 101 Å². The van der Waals surface area contributed by atoms with Crippen LogP contribution < -0.4 is 5.32 Å². The lowest BCUT2D eigenvalue weighted by Gasteiger charge is -2.27. The molecule has 1 aromatic heterocycles. The molecule has 2 heterocycles. The number of nitrogens with one attached hydrogen (secondary N) is 1. The zero-order chi connectivity index (χ0) is 11.5. The predicted octanol–water partition coefficient (Wildman–Crippen LogP) is 1.66. The Bertz CT molecular complexity index is 357. The second-order valence-corrected chi connectivity index (χ2v) is 4.72. The van der Waals surface area contributed by atoms with Gasteiger partial charge in [-0.15, -0.1) is 0 Å². The van der Waals surface area contributed by atoms with Crippen molar-refractivity contribution in [1.82, 2.24) is 5.32 Å². The van der Waals surface area contributed by atoms with Crippen LogP contribution >= 0.6 is 0 Å². The van der Waals surface area contributed by atoms with Gasteiger partial charge in [0.2, 0.25) is 0 Å². The first kappa shape index (κ1) is 11.3. The maximum atomic E-state index is 5.63. The van der Waals surface area contributed by atoms with Crippen molar-refractivity contribution >= 4 is 0 Å². The minimum Gasteiger partial charge on any atom is -0.469 e. The summed E-state index contributed by atoms with van der Waals surface area (Å²) in [5.74, 6) is 1.15. The van der Waals surface area contributed by atoms with E-state index in [0.717, 1.165) is 25.3 Å².